The molecule has 0 aliphatic rings. The minimum absolute atomic E-state index is 0.220. The third-order valence-electron chi connectivity index (χ3n) is 3.95. The molecule has 0 fully saturated rings. The molecule has 1 heterocycles. The summed E-state index contributed by atoms with van der Waals surface area (Å²) in [5.74, 6) is 0. The maximum absolute atomic E-state index is 6.26. The van der Waals surface area contributed by atoms with Crippen molar-refractivity contribution >= 4 is 22.5 Å². The fourth-order valence-electron chi connectivity index (χ4n) is 2.77. The first-order valence-electron chi connectivity index (χ1n) is 7.17. The number of para-hydroxylation sites is 1. The minimum atomic E-state index is 0.220. The summed E-state index contributed by atoms with van der Waals surface area (Å²) in [6.07, 6.45) is 2.19. The van der Waals surface area contributed by atoms with E-state index < -0.39 is 0 Å². The van der Waals surface area contributed by atoms with Crippen LogP contribution < -0.4 is 5.32 Å². The monoisotopic (exact) mass is 298 g/mol. The van der Waals surface area contributed by atoms with Crippen LogP contribution in [0.1, 0.15) is 24.1 Å². The molecule has 0 saturated carbocycles. The number of fused-ring (bicyclic) bond motifs is 1. The molecule has 1 unspecified atom stereocenters. The molecule has 1 aromatic heterocycles. The first kappa shape index (κ1) is 14.2. The van der Waals surface area contributed by atoms with Gasteiger partial charge in [0.25, 0.3) is 0 Å². The highest BCUT2D eigenvalue weighted by molar-refractivity contribution is 6.31. The molecule has 1 N–H and O–H groups in total. The summed E-state index contributed by atoms with van der Waals surface area (Å²) >= 11 is 6.26. The number of hydrogen-bond donors (Lipinski definition) is 1. The summed E-state index contributed by atoms with van der Waals surface area (Å²) < 4.78 is 2.17. The highest BCUT2D eigenvalue weighted by Gasteiger charge is 2.10. The van der Waals surface area contributed by atoms with E-state index in [-0.39, 0.29) is 6.04 Å². The Morgan fingerprint density at radius 2 is 1.81 bits per heavy atom. The molecule has 2 nitrogen and oxygen atoms in total. The van der Waals surface area contributed by atoms with Crippen LogP contribution in [-0.4, -0.2) is 4.57 Å². The molecule has 0 bridgehead atoms. The van der Waals surface area contributed by atoms with Gasteiger partial charge in [-0.2, -0.15) is 0 Å². The second kappa shape index (κ2) is 5.92. The second-order valence-corrected chi connectivity index (χ2v) is 5.81. The van der Waals surface area contributed by atoms with Crippen LogP contribution in [0.15, 0.2) is 54.7 Å². The molecule has 3 aromatic rings. The molecule has 3 heteroatoms. The summed E-state index contributed by atoms with van der Waals surface area (Å²) in [5.41, 5.74) is 3.71. The SMILES string of the molecule is CC(NCc1cn(C)c2ccccc12)c1ccccc1Cl. The Morgan fingerprint density at radius 1 is 1.10 bits per heavy atom. The van der Waals surface area contributed by atoms with Crippen LogP contribution in [0.4, 0.5) is 0 Å². The van der Waals surface area contributed by atoms with Gasteiger partial charge in [0.05, 0.1) is 0 Å². The van der Waals surface area contributed by atoms with Crippen LogP contribution in [0.2, 0.25) is 5.02 Å². The van der Waals surface area contributed by atoms with Gasteiger partial charge in [0.2, 0.25) is 0 Å². The van der Waals surface area contributed by atoms with Gasteiger partial charge in [0.15, 0.2) is 0 Å². The Morgan fingerprint density at radius 3 is 2.62 bits per heavy atom. The fraction of sp³-hybridized carbons (Fsp3) is 0.222. The maximum atomic E-state index is 6.26. The molecular weight excluding hydrogens is 280 g/mol. The van der Waals surface area contributed by atoms with Crippen molar-refractivity contribution in [3.8, 4) is 0 Å². The van der Waals surface area contributed by atoms with E-state index >= 15 is 0 Å². The summed E-state index contributed by atoms with van der Waals surface area (Å²) in [7, 11) is 2.09. The van der Waals surface area contributed by atoms with Crippen LogP contribution in [0.5, 0.6) is 0 Å². The maximum Gasteiger partial charge on any atom is 0.0481 e. The number of rotatable bonds is 4. The molecule has 0 aliphatic heterocycles. The van der Waals surface area contributed by atoms with Crippen LogP contribution in [0, 0.1) is 0 Å². The number of hydrogen-bond acceptors (Lipinski definition) is 1. The van der Waals surface area contributed by atoms with Gasteiger partial charge in [-0.25, -0.2) is 0 Å². The molecule has 21 heavy (non-hydrogen) atoms. The largest absolute Gasteiger partial charge is 0.350 e. The summed E-state index contributed by atoms with van der Waals surface area (Å²) in [6.45, 7) is 2.97. The average molecular weight is 299 g/mol. The summed E-state index contributed by atoms with van der Waals surface area (Å²) in [6, 6.07) is 16.7. The van der Waals surface area contributed by atoms with E-state index in [1.807, 2.05) is 18.2 Å². The van der Waals surface area contributed by atoms with Gasteiger partial charge in [0.1, 0.15) is 0 Å². The van der Waals surface area contributed by atoms with Crippen molar-refractivity contribution in [2.24, 2.45) is 7.05 Å². The van der Waals surface area contributed by atoms with E-state index in [1.165, 1.54) is 16.5 Å². The third kappa shape index (κ3) is 2.82. The zero-order valence-electron chi connectivity index (χ0n) is 12.3. The van der Waals surface area contributed by atoms with Crippen molar-refractivity contribution in [1.82, 2.24) is 9.88 Å². The Kier molecular flexibility index (Phi) is 4.00. The average Bonchev–Trinajstić information content (AvgIpc) is 2.82. The van der Waals surface area contributed by atoms with Gasteiger partial charge in [-0.05, 0) is 30.2 Å². The molecule has 108 valence electrons. The predicted molar refractivity (Wildman–Crippen MR) is 89.6 cm³/mol. The van der Waals surface area contributed by atoms with Crippen molar-refractivity contribution in [2.75, 3.05) is 0 Å². The van der Waals surface area contributed by atoms with Gasteiger partial charge in [-0.3, -0.25) is 0 Å². The van der Waals surface area contributed by atoms with Crippen molar-refractivity contribution < 1.29 is 0 Å². The van der Waals surface area contributed by atoms with Crippen LogP contribution in [-0.2, 0) is 13.6 Å². The minimum Gasteiger partial charge on any atom is -0.350 e. The highest BCUT2D eigenvalue weighted by Crippen LogP contribution is 2.24. The number of benzene rings is 2. The van der Waals surface area contributed by atoms with Gasteiger partial charge in [-0.1, -0.05) is 48.0 Å². The zero-order chi connectivity index (χ0) is 14.8. The Hall–Kier alpha value is -1.77. The van der Waals surface area contributed by atoms with Gasteiger partial charge in [0, 0.05) is 41.8 Å². The van der Waals surface area contributed by atoms with E-state index in [0.29, 0.717) is 0 Å². The number of aryl methyl sites for hydroxylation is 1. The number of nitrogens with zero attached hydrogens (tertiary/aromatic N) is 1. The third-order valence-corrected chi connectivity index (χ3v) is 4.29. The first-order valence-corrected chi connectivity index (χ1v) is 7.55. The lowest BCUT2D eigenvalue weighted by molar-refractivity contribution is 0.576. The first-order chi connectivity index (χ1) is 10.2. The topological polar surface area (TPSA) is 17.0 Å². The number of aromatic nitrogens is 1. The zero-order valence-corrected chi connectivity index (χ0v) is 13.1. The lowest BCUT2D eigenvalue weighted by Gasteiger charge is -2.15. The van der Waals surface area contributed by atoms with E-state index in [4.69, 9.17) is 11.6 Å². The Labute approximate surface area is 130 Å². The molecule has 0 aliphatic carbocycles. The smallest absolute Gasteiger partial charge is 0.0481 e. The van der Waals surface area contributed by atoms with Crippen molar-refractivity contribution in [1.29, 1.82) is 0 Å². The van der Waals surface area contributed by atoms with Crippen molar-refractivity contribution in [3.63, 3.8) is 0 Å². The lowest BCUT2D eigenvalue weighted by atomic mass is 10.1. The Balaban J connectivity index is 1.79. The van der Waals surface area contributed by atoms with E-state index in [2.05, 4.69) is 60.4 Å². The number of nitrogens with one attached hydrogen (secondary N) is 1. The molecule has 0 saturated heterocycles. The lowest BCUT2D eigenvalue weighted by Crippen LogP contribution is -2.18. The van der Waals surface area contributed by atoms with Crippen LogP contribution >= 0.6 is 11.6 Å². The molecule has 0 radical (unpaired) electrons. The van der Waals surface area contributed by atoms with Crippen molar-refractivity contribution in [2.45, 2.75) is 19.5 Å². The molecule has 3 rings (SSSR count). The molecular formula is C18H19ClN2. The quantitative estimate of drug-likeness (QED) is 0.740. The van der Waals surface area contributed by atoms with Gasteiger partial charge >= 0.3 is 0 Å². The fourth-order valence-corrected chi connectivity index (χ4v) is 3.07. The predicted octanol–water partition coefficient (Wildman–Crippen LogP) is 4.68. The molecule has 2 aromatic carbocycles. The second-order valence-electron chi connectivity index (χ2n) is 5.41. The molecule has 0 amide bonds. The van der Waals surface area contributed by atoms with Gasteiger partial charge in [-0.15, -0.1) is 0 Å². The number of halogens is 1. The van der Waals surface area contributed by atoms with Gasteiger partial charge < -0.3 is 9.88 Å². The van der Waals surface area contributed by atoms with Crippen LogP contribution in [0.25, 0.3) is 10.9 Å². The summed E-state index contributed by atoms with van der Waals surface area (Å²) in [4.78, 5) is 0. The molecule has 0 spiro atoms. The highest BCUT2D eigenvalue weighted by atomic mass is 35.5. The summed E-state index contributed by atoms with van der Waals surface area (Å²) in [5, 5.41) is 5.68. The van der Waals surface area contributed by atoms with E-state index in [1.54, 1.807) is 0 Å². The molecule has 1 atom stereocenters. The standard InChI is InChI=1S/C18H19ClN2/c1-13(15-7-3-5-9-17(15)19)20-11-14-12-21(2)18-10-6-4-8-16(14)18/h3-10,12-13,20H,11H2,1-2H3. The Bertz CT molecular complexity index is 761. The normalized spacial score (nSPS) is 12.7. The van der Waals surface area contributed by atoms with E-state index in [0.717, 1.165) is 17.1 Å². The van der Waals surface area contributed by atoms with E-state index in [9.17, 15) is 0 Å². The van der Waals surface area contributed by atoms with Crippen molar-refractivity contribution in [3.05, 3.63) is 70.9 Å². The van der Waals surface area contributed by atoms with Crippen LogP contribution in [0.3, 0.4) is 0 Å².